The second-order valence-electron chi connectivity index (χ2n) is 9.58. The van der Waals surface area contributed by atoms with Crippen LogP contribution in [-0.2, 0) is 16.6 Å². The van der Waals surface area contributed by atoms with Crippen molar-refractivity contribution in [2.45, 2.75) is 37.4 Å². The van der Waals surface area contributed by atoms with Gasteiger partial charge in [0.05, 0.1) is 0 Å². The number of hydrogen-bond donors (Lipinski definition) is 1. The van der Waals surface area contributed by atoms with E-state index in [-0.39, 0.29) is 6.54 Å². The first-order chi connectivity index (χ1) is 18.5. The van der Waals surface area contributed by atoms with Gasteiger partial charge in [-0.1, -0.05) is 54.6 Å². The minimum atomic E-state index is -4.90. The van der Waals surface area contributed by atoms with Gasteiger partial charge in [-0.2, -0.15) is 0 Å². The maximum atomic E-state index is 13.1. The molecular weight excluding hydrogens is 524 g/mol. The van der Waals surface area contributed by atoms with E-state index in [2.05, 4.69) is 14.8 Å². The zero-order chi connectivity index (χ0) is 27.9. The first-order valence-corrected chi connectivity index (χ1v) is 12.6. The average Bonchev–Trinajstić information content (AvgIpc) is 2.88. The smallest absolute Gasteiger partial charge is 0.406 e. The van der Waals surface area contributed by atoms with Gasteiger partial charge in [0.15, 0.2) is 0 Å². The second kappa shape index (κ2) is 12.3. The molecule has 0 unspecified atom stereocenters. The van der Waals surface area contributed by atoms with Crippen LogP contribution in [0, 0.1) is 5.92 Å². The number of halogens is 6. The average molecular weight is 554 g/mol. The van der Waals surface area contributed by atoms with Crippen LogP contribution >= 0.6 is 0 Å². The second-order valence-corrected chi connectivity index (χ2v) is 9.58. The third-order valence-corrected chi connectivity index (χ3v) is 6.79. The largest absolute Gasteiger partial charge is 0.573 e. The van der Waals surface area contributed by atoms with E-state index in [1.807, 2.05) is 30.3 Å². The maximum absolute atomic E-state index is 13.1. The van der Waals surface area contributed by atoms with E-state index in [4.69, 9.17) is 4.74 Å². The van der Waals surface area contributed by atoms with Crippen LogP contribution in [0.1, 0.15) is 29.5 Å². The van der Waals surface area contributed by atoms with Crippen molar-refractivity contribution in [3.05, 3.63) is 95.6 Å². The summed E-state index contributed by atoms with van der Waals surface area (Å²) in [5.41, 5.74) is 0.700. The highest BCUT2D eigenvalue weighted by Crippen LogP contribution is 2.40. The fraction of sp³-hybridized carbons (Fsp3) is 0.379. The molecule has 1 N–H and O–H groups in total. The van der Waals surface area contributed by atoms with Crippen LogP contribution in [0.25, 0.3) is 0 Å². The minimum absolute atomic E-state index is 0.240. The first-order valence-electron chi connectivity index (χ1n) is 12.6. The molecule has 210 valence electrons. The molecule has 3 aromatic carbocycles. The summed E-state index contributed by atoms with van der Waals surface area (Å²) < 4.78 is 92.4. The Kier molecular flexibility index (Phi) is 9.07. The first kappa shape index (κ1) is 28.8. The molecule has 1 aliphatic rings. The Hall–Kier alpha value is -3.24. The van der Waals surface area contributed by atoms with E-state index in [1.54, 1.807) is 12.1 Å². The van der Waals surface area contributed by atoms with Crippen molar-refractivity contribution in [3.8, 4) is 11.5 Å². The topological polar surface area (TPSA) is 39.7 Å². The quantitative estimate of drug-likeness (QED) is 0.274. The van der Waals surface area contributed by atoms with Crippen molar-refractivity contribution in [2.24, 2.45) is 5.92 Å². The molecule has 10 heteroatoms. The molecule has 0 radical (unpaired) electrons. The normalized spacial score (nSPS) is 15.2. The molecule has 0 amide bonds. The van der Waals surface area contributed by atoms with Crippen molar-refractivity contribution >= 4 is 0 Å². The number of benzene rings is 3. The molecule has 39 heavy (non-hydrogen) atoms. The van der Waals surface area contributed by atoms with Gasteiger partial charge < -0.3 is 19.5 Å². The summed E-state index contributed by atoms with van der Waals surface area (Å²) in [6, 6.07) is 20.5. The van der Waals surface area contributed by atoms with Gasteiger partial charge in [0.25, 0.3) is 0 Å². The van der Waals surface area contributed by atoms with Gasteiger partial charge in [0.2, 0.25) is 0 Å². The zero-order valence-corrected chi connectivity index (χ0v) is 21.0. The van der Waals surface area contributed by atoms with Crippen molar-refractivity contribution < 1.29 is 40.6 Å². The minimum Gasteiger partial charge on any atom is -0.406 e. The number of hydrogen-bond acceptors (Lipinski definition) is 4. The number of rotatable bonds is 10. The molecule has 4 nitrogen and oxygen atoms in total. The highest BCUT2D eigenvalue weighted by Gasteiger charge is 2.38. The fourth-order valence-corrected chi connectivity index (χ4v) is 5.00. The maximum Gasteiger partial charge on any atom is 0.573 e. The Morgan fingerprint density at radius 1 is 0.718 bits per heavy atom. The molecule has 1 saturated heterocycles. The third-order valence-electron chi connectivity index (χ3n) is 6.79. The molecular formula is C29H29F6NO3. The fourth-order valence-electron chi connectivity index (χ4n) is 5.00. The Balaban J connectivity index is 1.80. The van der Waals surface area contributed by atoms with Gasteiger partial charge >= 0.3 is 12.7 Å². The highest BCUT2D eigenvalue weighted by atomic mass is 19.4. The van der Waals surface area contributed by atoms with Crippen molar-refractivity contribution in [3.63, 3.8) is 0 Å². The standard InChI is InChI=1S/C29H29F6NO3/c30-28(31,32)38-25-10-4-8-23(16-25)27(18-21-6-2-1-3-7-21,20-36-19-22-12-14-37-15-13-22)24-9-5-11-26(17-24)39-29(33,34)35/h1-11,16-17,22,36H,12-15,18-20H2. The van der Waals surface area contributed by atoms with Gasteiger partial charge in [-0.05, 0) is 72.7 Å². The molecule has 4 rings (SSSR count). The summed E-state index contributed by atoms with van der Waals surface area (Å²) in [5.74, 6) is -0.484. The van der Waals surface area contributed by atoms with E-state index in [0.717, 1.165) is 18.4 Å². The van der Waals surface area contributed by atoms with Crippen LogP contribution in [0.4, 0.5) is 26.3 Å². The van der Waals surface area contributed by atoms with E-state index in [0.29, 0.717) is 43.2 Å². The lowest BCUT2D eigenvalue weighted by Gasteiger charge is -2.37. The highest BCUT2D eigenvalue weighted by molar-refractivity contribution is 5.47. The zero-order valence-electron chi connectivity index (χ0n) is 21.0. The van der Waals surface area contributed by atoms with Crippen molar-refractivity contribution in [1.82, 2.24) is 5.32 Å². The molecule has 1 fully saturated rings. The van der Waals surface area contributed by atoms with Gasteiger partial charge in [0.1, 0.15) is 11.5 Å². The van der Waals surface area contributed by atoms with Gasteiger partial charge in [0, 0.05) is 25.2 Å². The SMILES string of the molecule is FC(F)(F)Oc1cccc(C(CNCC2CCOCC2)(Cc2ccccc2)c2cccc(OC(F)(F)F)c2)c1. The number of ether oxygens (including phenoxy) is 3. The number of alkyl halides is 6. The predicted octanol–water partition coefficient (Wildman–Crippen LogP) is 7.03. The van der Waals surface area contributed by atoms with E-state index < -0.39 is 29.6 Å². The molecule has 3 aromatic rings. The van der Waals surface area contributed by atoms with Crippen LogP contribution in [0.5, 0.6) is 11.5 Å². The van der Waals surface area contributed by atoms with Gasteiger partial charge in [-0.15, -0.1) is 26.3 Å². The molecule has 0 aliphatic carbocycles. The summed E-state index contributed by atoms with van der Waals surface area (Å²) in [7, 11) is 0. The molecule has 0 saturated carbocycles. The van der Waals surface area contributed by atoms with Crippen LogP contribution in [-0.4, -0.2) is 39.0 Å². The number of nitrogens with one attached hydrogen (secondary N) is 1. The Morgan fingerprint density at radius 3 is 1.77 bits per heavy atom. The van der Waals surface area contributed by atoms with Gasteiger partial charge in [-0.25, -0.2) is 0 Å². The Labute approximate surface area is 222 Å². The van der Waals surface area contributed by atoms with Crippen LogP contribution < -0.4 is 14.8 Å². The van der Waals surface area contributed by atoms with E-state index in [1.165, 1.54) is 36.4 Å². The lowest BCUT2D eigenvalue weighted by molar-refractivity contribution is -0.275. The molecule has 0 aromatic heterocycles. The molecule has 0 spiro atoms. The van der Waals surface area contributed by atoms with Crippen LogP contribution in [0.2, 0.25) is 0 Å². The monoisotopic (exact) mass is 553 g/mol. The lowest BCUT2D eigenvalue weighted by Crippen LogP contribution is -2.43. The Bertz CT molecular complexity index is 1130. The summed E-state index contributed by atoms with van der Waals surface area (Å²) in [5, 5.41) is 3.47. The van der Waals surface area contributed by atoms with Crippen molar-refractivity contribution in [2.75, 3.05) is 26.3 Å². The van der Waals surface area contributed by atoms with E-state index >= 15 is 0 Å². The van der Waals surface area contributed by atoms with Gasteiger partial charge in [-0.3, -0.25) is 0 Å². The predicted molar refractivity (Wildman–Crippen MR) is 134 cm³/mol. The van der Waals surface area contributed by atoms with Crippen LogP contribution in [0.15, 0.2) is 78.9 Å². The molecule has 1 heterocycles. The van der Waals surface area contributed by atoms with E-state index in [9.17, 15) is 26.3 Å². The molecule has 0 bridgehead atoms. The Morgan fingerprint density at radius 2 is 1.26 bits per heavy atom. The summed E-state index contributed by atoms with van der Waals surface area (Å²) in [6.45, 7) is 2.16. The lowest BCUT2D eigenvalue weighted by atomic mass is 9.70. The summed E-state index contributed by atoms with van der Waals surface area (Å²) in [4.78, 5) is 0. The summed E-state index contributed by atoms with van der Waals surface area (Å²) >= 11 is 0. The molecule has 1 aliphatic heterocycles. The third kappa shape index (κ3) is 8.37. The summed E-state index contributed by atoms with van der Waals surface area (Å²) in [6.07, 6.45) is -7.78. The van der Waals surface area contributed by atoms with Crippen LogP contribution in [0.3, 0.4) is 0 Å². The van der Waals surface area contributed by atoms with Crippen molar-refractivity contribution in [1.29, 1.82) is 0 Å². The molecule has 0 atom stereocenters.